The number of thiophene rings is 1. The highest BCUT2D eigenvalue weighted by Gasteiger charge is 2.23. The molecule has 0 saturated carbocycles. The van der Waals surface area contributed by atoms with E-state index in [1.165, 1.54) is 10.6 Å². The Morgan fingerprint density at radius 1 is 1.09 bits per heavy atom. The Bertz CT molecular complexity index is 1360. The van der Waals surface area contributed by atoms with Gasteiger partial charge in [0.25, 0.3) is 11.5 Å². The number of pyridine rings is 1. The highest BCUT2D eigenvalue weighted by atomic mass is 35.5. The van der Waals surface area contributed by atoms with Crippen LogP contribution in [0, 0.1) is 0 Å². The van der Waals surface area contributed by atoms with Gasteiger partial charge in [-0.25, -0.2) is 4.98 Å². The van der Waals surface area contributed by atoms with Crippen LogP contribution in [0.2, 0.25) is 4.34 Å². The second kappa shape index (κ2) is 10.5. The number of aryl methyl sites for hydroxylation is 2. The molecule has 0 radical (unpaired) electrons. The third kappa shape index (κ3) is 5.62. The van der Waals surface area contributed by atoms with Crippen LogP contribution in [0.3, 0.4) is 0 Å². The Balaban J connectivity index is 1.48. The number of nitrogens with zero attached hydrogens (tertiary/aromatic N) is 3. The predicted octanol–water partition coefficient (Wildman–Crippen LogP) is 3.66. The summed E-state index contributed by atoms with van der Waals surface area (Å²) in [7, 11) is 1.88. The van der Waals surface area contributed by atoms with Crippen LogP contribution in [0.1, 0.15) is 21.9 Å². The fourth-order valence-electron chi connectivity index (χ4n) is 3.42. The van der Waals surface area contributed by atoms with Gasteiger partial charge in [0.05, 0.1) is 9.21 Å². The molecule has 3 aromatic heterocycles. The molecule has 0 spiro atoms. The zero-order valence-electron chi connectivity index (χ0n) is 18.3. The summed E-state index contributed by atoms with van der Waals surface area (Å²) in [6, 6.07) is 14.3. The van der Waals surface area contributed by atoms with E-state index in [1.54, 1.807) is 60.9 Å². The number of imidazole rings is 1. The number of aromatic nitrogens is 3. The van der Waals surface area contributed by atoms with Crippen molar-refractivity contribution in [3.8, 4) is 5.69 Å². The summed E-state index contributed by atoms with van der Waals surface area (Å²) < 4.78 is 3.88. The first-order valence-corrected chi connectivity index (χ1v) is 11.7. The fraction of sp³-hybridized carbons (Fsp3) is 0.167. The van der Waals surface area contributed by atoms with E-state index in [0.29, 0.717) is 33.4 Å². The molecule has 1 aromatic carbocycles. The molecule has 1 unspecified atom stereocenters. The third-order valence-corrected chi connectivity index (χ3v) is 6.46. The molecule has 0 fully saturated rings. The molecule has 34 heavy (non-hydrogen) atoms. The van der Waals surface area contributed by atoms with Crippen molar-refractivity contribution in [2.24, 2.45) is 7.05 Å². The topological polar surface area (TPSA) is 98.0 Å². The lowest BCUT2D eigenvalue weighted by atomic mass is 10.1. The SMILES string of the molecule is Cn1ccnc1CCC(NC(=O)c1ccc(Cl)s1)C(=O)Nc1ccc(-n2ccccc2=O)cc1. The van der Waals surface area contributed by atoms with Gasteiger partial charge >= 0.3 is 0 Å². The lowest BCUT2D eigenvalue weighted by molar-refractivity contribution is -0.118. The highest BCUT2D eigenvalue weighted by molar-refractivity contribution is 7.18. The van der Waals surface area contributed by atoms with E-state index in [9.17, 15) is 14.4 Å². The van der Waals surface area contributed by atoms with Crippen molar-refractivity contribution in [1.82, 2.24) is 19.4 Å². The van der Waals surface area contributed by atoms with Crippen LogP contribution in [-0.4, -0.2) is 32.0 Å². The third-order valence-electron chi connectivity index (χ3n) is 5.23. The molecule has 0 bridgehead atoms. The van der Waals surface area contributed by atoms with E-state index < -0.39 is 6.04 Å². The minimum absolute atomic E-state index is 0.148. The van der Waals surface area contributed by atoms with Crippen molar-refractivity contribution in [3.63, 3.8) is 0 Å². The largest absolute Gasteiger partial charge is 0.340 e. The molecule has 4 aromatic rings. The first kappa shape index (κ1) is 23.5. The average molecular weight is 496 g/mol. The molecule has 0 aliphatic heterocycles. The van der Waals surface area contributed by atoms with Crippen LogP contribution in [0.4, 0.5) is 5.69 Å². The minimum Gasteiger partial charge on any atom is -0.340 e. The van der Waals surface area contributed by atoms with E-state index in [-0.39, 0.29) is 17.4 Å². The zero-order chi connectivity index (χ0) is 24.1. The van der Waals surface area contributed by atoms with Crippen LogP contribution in [-0.2, 0) is 18.3 Å². The van der Waals surface area contributed by atoms with Gasteiger partial charge < -0.3 is 15.2 Å². The van der Waals surface area contributed by atoms with Gasteiger partial charge in [-0.15, -0.1) is 11.3 Å². The van der Waals surface area contributed by atoms with Crippen molar-refractivity contribution in [2.75, 3.05) is 5.32 Å². The Labute approximate surface area is 204 Å². The van der Waals surface area contributed by atoms with Crippen molar-refractivity contribution in [2.45, 2.75) is 18.9 Å². The normalized spacial score (nSPS) is 11.7. The fourth-order valence-corrected chi connectivity index (χ4v) is 4.37. The minimum atomic E-state index is -0.790. The molecule has 1 atom stereocenters. The van der Waals surface area contributed by atoms with Gasteiger partial charge in [0.1, 0.15) is 11.9 Å². The second-order valence-electron chi connectivity index (χ2n) is 7.57. The summed E-state index contributed by atoms with van der Waals surface area (Å²) in [5.74, 6) is 0.0920. The van der Waals surface area contributed by atoms with Crippen LogP contribution in [0.25, 0.3) is 5.69 Å². The average Bonchev–Trinajstić information content (AvgIpc) is 3.45. The van der Waals surface area contributed by atoms with E-state index in [4.69, 9.17) is 11.6 Å². The maximum Gasteiger partial charge on any atom is 0.262 e. The van der Waals surface area contributed by atoms with Crippen molar-refractivity contribution >= 4 is 40.4 Å². The number of nitrogens with one attached hydrogen (secondary N) is 2. The number of carbonyl (C=O) groups excluding carboxylic acids is 2. The summed E-state index contributed by atoms with van der Waals surface area (Å²) in [4.78, 5) is 42.5. The molecule has 2 amide bonds. The van der Waals surface area contributed by atoms with E-state index in [0.717, 1.165) is 17.2 Å². The van der Waals surface area contributed by atoms with Crippen LogP contribution < -0.4 is 16.2 Å². The summed E-state index contributed by atoms with van der Waals surface area (Å²) in [5, 5.41) is 5.66. The number of anilines is 1. The monoisotopic (exact) mass is 495 g/mol. The maximum atomic E-state index is 13.1. The van der Waals surface area contributed by atoms with Gasteiger partial charge in [-0.1, -0.05) is 17.7 Å². The van der Waals surface area contributed by atoms with Crippen molar-refractivity contribution < 1.29 is 9.59 Å². The molecule has 0 aliphatic rings. The summed E-state index contributed by atoms with van der Waals surface area (Å²) in [5.41, 5.74) is 1.08. The Morgan fingerprint density at radius 2 is 1.88 bits per heavy atom. The van der Waals surface area contributed by atoms with Gasteiger partial charge in [-0.3, -0.25) is 19.0 Å². The van der Waals surface area contributed by atoms with E-state index >= 15 is 0 Å². The van der Waals surface area contributed by atoms with Crippen LogP contribution in [0.5, 0.6) is 0 Å². The van der Waals surface area contributed by atoms with Crippen LogP contribution in [0.15, 0.2) is 78.0 Å². The van der Waals surface area contributed by atoms with Gasteiger partial charge in [-0.2, -0.15) is 0 Å². The molecule has 2 N–H and O–H groups in total. The number of hydrogen-bond acceptors (Lipinski definition) is 5. The summed E-state index contributed by atoms with van der Waals surface area (Å²) in [6.07, 6.45) is 6.06. The van der Waals surface area contributed by atoms with Gasteiger partial charge in [-0.05, 0) is 48.9 Å². The summed E-state index contributed by atoms with van der Waals surface area (Å²) >= 11 is 7.10. The number of rotatable bonds is 8. The van der Waals surface area contributed by atoms with Gasteiger partial charge in [0, 0.05) is 49.5 Å². The summed E-state index contributed by atoms with van der Waals surface area (Å²) in [6.45, 7) is 0. The first-order chi connectivity index (χ1) is 16.4. The molecule has 0 aliphatic carbocycles. The number of halogens is 1. The molecule has 10 heteroatoms. The number of carbonyl (C=O) groups is 2. The lowest BCUT2D eigenvalue weighted by Gasteiger charge is -2.18. The van der Waals surface area contributed by atoms with Crippen LogP contribution >= 0.6 is 22.9 Å². The van der Waals surface area contributed by atoms with Crippen molar-refractivity contribution in [1.29, 1.82) is 0 Å². The molecule has 8 nitrogen and oxygen atoms in total. The Kier molecular flexibility index (Phi) is 7.24. The Hall–Kier alpha value is -3.69. The van der Waals surface area contributed by atoms with Gasteiger partial charge in [0.2, 0.25) is 5.91 Å². The Morgan fingerprint density at radius 3 is 2.53 bits per heavy atom. The molecule has 174 valence electrons. The molecule has 4 rings (SSSR count). The molecular formula is C24H22ClN5O3S. The first-order valence-electron chi connectivity index (χ1n) is 10.5. The molecule has 0 saturated heterocycles. The zero-order valence-corrected chi connectivity index (χ0v) is 19.8. The van der Waals surface area contributed by atoms with Gasteiger partial charge in [0.15, 0.2) is 0 Å². The van der Waals surface area contributed by atoms with E-state index in [2.05, 4.69) is 15.6 Å². The number of amides is 2. The lowest BCUT2D eigenvalue weighted by Crippen LogP contribution is -2.44. The van der Waals surface area contributed by atoms with E-state index in [1.807, 2.05) is 17.8 Å². The quantitative estimate of drug-likeness (QED) is 0.390. The second-order valence-corrected chi connectivity index (χ2v) is 9.28. The number of benzene rings is 1. The predicted molar refractivity (Wildman–Crippen MR) is 133 cm³/mol. The smallest absolute Gasteiger partial charge is 0.262 e. The number of hydrogen-bond donors (Lipinski definition) is 2. The molecular weight excluding hydrogens is 474 g/mol. The highest BCUT2D eigenvalue weighted by Crippen LogP contribution is 2.21. The van der Waals surface area contributed by atoms with Crippen molar-refractivity contribution in [3.05, 3.63) is 98.6 Å². The molecule has 3 heterocycles. The standard InChI is InChI=1S/C24H22ClN5O3S/c1-29-15-13-26-21(29)12-9-18(28-24(33)19-10-11-20(25)34-19)23(32)27-16-5-7-17(8-6-16)30-14-3-2-4-22(30)31/h2-8,10-11,13-15,18H,9,12H2,1H3,(H,27,32)(H,28,33). The maximum absolute atomic E-state index is 13.1.